The molecule has 9 heteroatoms. The second-order valence-electron chi connectivity index (χ2n) is 7.06. The second-order valence-corrected chi connectivity index (χ2v) is 7.92. The van der Waals surface area contributed by atoms with Crippen molar-refractivity contribution >= 4 is 34.4 Å². The average Bonchev–Trinajstić information content (AvgIpc) is 3.25. The first-order chi connectivity index (χ1) is 16.0. The molecule has 2 aromatic carbocycles. The molecule has 0 saturated carbocycles. The summed E-state index contributed by atoms with van der Waals surface area (Å²) < 4.78 is 10.2. The molecule has 2 N–H and O–H groups in total. The van der Waals surface area contributed by atoms with Gasteiger partial charge < -0.3 is 20.1 Å². The maximum Gasteiger partial charge on any atom is 0.408 e. The third-order valence-electron chi connectivity index (χ3n) is 4.52. The molecule has 0 radical (unpaired) electrons. The molecule has 0 fully saturated rings. The Hall–Kier alpha value is -3.72. The van der Waals surface area contributed by atoms with Crippen LogP contribution in [0.1, 0.15) is 23.7 Å². The number of esters is 1. The summed E-state index contributed by atoms with van der Waals surface area (Å²) in [5.41, 5.74) is 2.22. The van der Waals surface area contributed by atoms with Crippen LogP contribution in [0.5, 0.6) is 0 Å². The van der Waals surface area contributed by atoms with Crippen LogP contribution in [0.2, 0.25) is 0 Å². The first-order valence-electron chi connectivity index (χ1n) is 10.5. The summed E-state index contributed by atoms with van der Waals surface area (Å²) in [5, 5.41) is 7.37. The number of aromatic nitrogens is 1. The SMILES string of the molecule is CCOC(=O)Cc1csc(NC(=O)C(Cc2ccccc2)NC(=O)OCc2ccccc2)n1. The van der Waals surface area contributed by atoms with Gasteiger partial charge in [-0.05, 0) is 18.1 Å². The number of hydrogen-bond acceptors (Lipinski definition) is 7. The summed E-state index contributed by atoms with van der Waals surface area (Å²) >= 11 is 1.19. The van der Waals surface area contributed by atoms with E-state index in [1.54, 1.807) is 12.3 Å². The van der Waals surface area contributed by atoms with E-state index in [0.29, 0.717) is 17.4 Å². The number of benzene rings is 2. The van der Waals surface area contributed by atoms with Crippen LogP contribution in [0.25, 0.3) is 0 Å². The number of anilines is 1. The predicted octanol–water partition coefficient (Wildman–Crippen LogP) is 3.72. The Balaban J connectivity index is 1.63. The molecule has 8 nitrogen and oxygen atoms in total. The molecule has 0 spiro atoms. The number of carbonyl (C=O) groups excluding carboxylic acids is 3. The molecule has 33 heavy (non-hydrogen) atoms. The van der Waals surface area contributed by atoms with Crippen LogP contribution in [0.15, 0.2) is 66.0 Å². The number of ether oxygens (including phenoxy) is 2. The lowest BCUT2D eigenvalue weighted by Gasteiger charge is -2.18. The van der Waals surface area contributed by atoms with Gasteiger partial charge in [0.25, 0.3) is 0 Å². The lowest BCUT2D eigenvalue weighted by molar-refractivity contribution is -0.142. The van der Waals surface area contributed by atoms with Gasteiger partial charge in [0.1, 0.15) is 12.6 Å². The molecule has 172 valence electrons. The van der Waals surface area contributed by atoms with Gasteiger partial charge >= 0.3 is 12.1 Å². The van der Waals surface area contributed by atoms with Crippen molar-refractivity contribution in [3.63, 3.8) is 0 Å². The minimum absolute atomic E-state index is 0.0255. The van der Waals surface area contributed by atoms with Gasteiger partial charge in [0.2, 0.25) is 5.91 Å². The number of nitrogens with one attached hydrogen (secondary N) is 2. The summed E-state index contributed by atoms with van der Waals surface area (Å²) in [5.74, 6) is -0.821. The lowest BCUT2D eigenvalue weighted by atomic mass is 10.1. The Morgan fingerprint density at radius 3 is 2.30 bits per heavy atom. The van der Waals surface area contributed by atoms with Crippen molar-refractivity contribution in [1.82, 2.24) is 10.3 Å². The van der Waals surface area contributed by atoms with Crippen molar-refractivity contribution in [3.8, 4) is 0 Å². The molecular formula is C24H25N3O5S. The minimum Gasteiger partial charge on any atom is -0.466 e. The molecule has 0 aliphatic carbocycles. The number of carbonyl (C=O) groups is 3. The second kappa shape index (κ2) is 12.4. The van der Waals surface area contributed by atoms with Gasteiger partial charge in [-0.15, -0.1) is 11.3 Å². The van der Waals surface area contributed by atoms with Crippen LogP contribution in [0, 0.1) is 0 Å². The van der Waals surface area contributed by atoms with Crippen LogP contribution in [-0.4, -0.2) is 35.6 Å². The fourth-order valence-corrected chi connectivity index (χ4v) is 3.68. The van der Waals surface area contributed by atoms with Gasteiger partial charge in [-0.2, -0.15) is 0 Å². The molecule has 1 heterocycles. The van der Waals surface area contributed by atoms with E-state index in [1.807, 2.05) is 60.7 Å². The van der Waals surface area contributed by atoms with E-state index < -0.39 is 18.0 Å². The Morgan fingerprint density at radius 1 is 0.970 bits per heavy atom. The highest BCUT2D eigenvalue weighted by Gasteiger charge is 2.23. The smallest absolute Gasteiger partial charge is 0.408 e. The molecule has 0 aliphatic heterocycles. The average molecular weight is 468 g/mol. The monoisotopic (exact) mass is 467 g/mol. The highest BCUT2D eigenvalue weighted by Crippen LogP contribution is 2.17. The highest BCUT2D eigenvalue weighted by atomic mass is 32.1. The maximum atomic E-state index is 13.0. The number of thiazole rings is 1. The van der Waals surface area contributed by atoms with Crippen LogP contribution in [0.4, 0.5) is 9.93 Å². The van der Waals surface area contributed by atoms with Crippen LogP contribution in [0.3, 0.4) is 0 Å². The van der Waals surface area contributed by atoms with E-state index in [0.717, 1.165) is 11.1 Å². The predicted molar refractivity (Wildman–Crippen MR) is 125 cm³/mol. The summed E-state index contributed by atoms with van der Waals surface area (Å²) in [4.78, 5) is 41.2. The molecule has 3 aromatic rings. The zero-order chi connectivity index (χ0) is 23.5. The van der Waals surface area contributed by atoms with E-state index in [9.17, 15) is 14.4 Å². The Morgan fingerprint density at radius 2 is 1.64 bits per heavy atom. The van der Waals surface area contributed by atoms with Crippen LogP contribution < -0.4 is 10.6 Å². The van der Waals surface area contributed by atoms with Gasteiger partial charge in [-0.3, -0.25) is 9.59 Å². The topological polar surface area (TPSA) is 107 Å². The van der Waals surface area contributed by atoms with Gasteiger partial charge in [-0.25, -0.2) is 9.78 Å². The van der Waals surface area contributed by atoms with E-state index >= 15 is 0 Å². The van der Waals surface area contributed by atoms with Gasteiger partial charge in [0, 0.05) is 11.8 Å². The summed E-state index contributed by atoms with van der Waals surface area (Å²) in [6.45, 7) is 2.12. The Labute approximate surface area is 196 Å². The Kier molecular flexibility index (Phi) is 8.96. The van der Waals surface area contributed by atoms with Crippen molar-refractivity contribution in [2.24, 2.45) is 0 Å². The number of amides is 2. The molecule has 0 bridgehead atoms. The quantitative estimate of drug-likeness (QED) is 0.440. The van der Waals surface area contributed by atoms with Crippen LogP contribution >= 0.6 is 11.3 Å². The summed E-state index contributed by atoms with van der Waals surface area (Å²) in [7, 11) is 0. The summed E-state index contributed by atoms with van der Waals surface area (Å²) in [6.07, 6.45) is -0.400. The fourth-order valence-electron chi connectivity index (χ4n) is 2.96. The van der Waals surface area contributed by atoms with Crippen molar-refractivity contribution in [1.29, 1.82) is 0 Å². The minimum atomic E-state index is -0.881. The number of nitrogens with zero attached hydrogens (tertiary/aromatic N) is 1. The van der Waals surface area contributed by atoms with Crippen molar-refractivity contribution in [3.05, 3.63) is 82.9 Å². The van der Waals surface area contributed by atoms with E-state index in [4.69, 9.17) is 9.47 Å². The van der Waals surface area contributed by atoms with Crippen molar-refractivity contribution in [2.75, 3.05) is 11.9 Å². The molecule has 0 saturated heterocycles. The van der Waals surface area contributed by atoms with Gasteiger partial charge in [0.15, 0.2) is 5.13 Å². The van der Waals surface area contributed by atoms with E-state index in [-0.39, 0.29) is 25.4 Å². The molecular weight excluding hydrogens is 442 g/mol. The van der Waals surface area contributed by atoms with Crippen molar-refractivity contribution in [2.45, 2.75) is 32.4 Å². The molecule has 1 atom stereocenters. The summed E-state index contributed by atoms with van der Waals surface area (Å²) in [6, 6.07) is 17.7. The zero-order valence-corrected chi connectivity index (χ0v) is 19.0. The molecule has 1 unspecified atom stereocenters. The third-order valence-corrected chi connectivity index (χ3v) is 5.32. The standard InChI is InChI=1S/C24H25N3O5S/c1-2-31-21(28)14-19-16-33-23(25-19)27-22(29)20(13-17-9-5-3-6-10-17)26-24(30)32-15-18-11-7-4-8-12-18/h3-12,16,20H,2,13-15H2,1H3,(H,26,30)(H,25,27,29). The van der Waals surface area contributed by atoms with Crippen LogP contribution in [-0.2, 0) is 38.5 Å². The zero-order valence-electron chi connectivity index (χ0n) is 18.2. The van der Waals surface area contributed by atoms with Gasteiger partial charge in [-0.1, -0.05) is 60.7 Å². The maximum absolute atomic E-state index is 13.0. The van der Waals surface area contributed by atoms with Crippen molar-refractivity contribution < 1.29 is 23.9 Å². The molecule has 1 aromatic heterocycles. The molecule has 2 amide bonds. The largest absolute Gasteiger partial charge is 0.466 e. The Bertz CT molecular complexity index is 1060. The normalized spacial score (nSPS) is 11.3. The first-order valence-corrected chi connectivity index (χ1v) is 11.3. The molecule has 3 rings (SSSR count). The number of hydrogen-bond donors (Lipinski definition) is 2. The fraction of sp³-hybridized carbons (Fsp3) is 0.250. The first kappa shape index (κ1) is 23.9. The molecule has 0 aliphatic rings. The third kappa shape index (κ3) is 8.04. The number of rotatable bonds is 10. The lowest BCUT2D eigenvalue weighted by Crippen LogP contribution is -2.45. The highest BCUT2D eigenvalue weighted by molar-refractivity contribution is 7.13. The van der Waals surface area contributed by atoms with E-state index in [2.05, 4.69) is 15.6 Å². The van der Waals surface area contributed by atoms with Gasteiger partial charge in [0.05, 0.1) is 18.7 Å². The van der Waals surface area contributed by atoms with E-state index in [1.165, 1.54) is 11.3 Å². The number of alkyl carbamates (subject to hydrolysis) is 1.